The molecular formula is C15H18N2OS. The monoisotopic (exact) mass is 274 g/mol. The Morgan fingerprint density at radius 3 is 2.42 bits per heavy atom. The van der Waals surface area contributed by atoms with Crippen LogP contribution in [0.2, 0.25) is 0 Å². The van der Waals surface area contributed by atoms with Gasteiger partial charge in [-0.15, -0.1) is 0 Å². The third-order valence-corrected chi connectivity index (χ3v) is 3.33. The van der Waals surface area contributed by atoms with Crippen molar-refractivity contribution >= 4 is 17.2 Å². The van der Waals surface area contributed by atoms with Gasteiger partial charge in [0.15, 0.2) is 0 Å². The van der Waals surface area contributed by atoms with Gasteiger partial charge in [0, 0.05) is 24.2 Å². The summed E-state index contributed by atoms with van der Waals surface area (Å²) in [6.45, 7) is 3.74. The van der Waals surface area contributed by atoms with Gasteiger partial charge in [-0.2, -0.15) is 0 Å². The summed E-state index contributed by atoms with van der Waals surface area (Å²) >= 11 is 4.94. The van der Waals surface area contributed by atoms with Crippen LogP contribution in [-0.2, 0) is 13.1 Å². The van der Waals surface area contributed by atoms with E-state index in [2.05, 4.69) is 24.1 Å². The van der Waals surface area contributed by atoms with E-state index < -0.39 is 0 Å². The predicted octanol–water partition coefficient (Wildman–Crippen LogP) is 2.85. The lowest BCUT2D eigenvalue weighted by atomic mass is 10.1. The Morgan fingerprint density at radius 1 is 1.21 bits per heavy atom. The third-order valence-electron chi connectivity index (χ3n) is 3.10. The fraction of sp³-hybridized carbons (Fsp3) is 0.267. The van der Waals surface area contributed by atoms with Gasteiger partial charge >= 0.3 is 0 Å². The molecule has 100 valence electrons. The van der Waals surface area contributed by atoms with Crippen molar-refractivity contribution in [3.63, 3.8) is 0 Å². The Bertz CT molecular complexity index is 560. The number of hydrogen-bond acceptors (Lipinski definition) is 3. The van der Waals surface area contributed by atoms with Crippen molar-refractivity contribution in [3.8, 4) is 0 Å². The highest BCUT2D eigenvalue weighted by Gasteiger charge is 2.06. The van der Waals surface area contributed by atoms with Crippen molar-refractivity contribution in [1.82, 2.24) is 4.90 Å². The zero-order valence-corrected chi connectivity index (χ0v) is 12.0. The molecule has 1 aromatic carbocycles. The van der Waals surface area contributed by atoms with Crippen molar-refractivity contribution in [2.45, 2.75) is 20.0 Å². The van der Waals surface area contributed by atoms with Crippen LogP contribution in [0.1, 0.15) is 22.5 Å². The van der Waals surface area contributed by atoms with E-state index in [1.54, 1.807) is 6.26 Å². The first-order valence-electron chi connectivity index (χ1n) is 6.16. The smallest absolute Gasteiger partial charge is 0.105 e. The molecule has 1 aromatic heterocycles. The molecule has 0 saturated carbocycles. The highest BCUT2D eigenvalue weighted by molar-refractivity contribution is 7.80. The maximum atomic E-state index is 5.58. The van der Waals surface area contributed by atoms with Crippen LogP contribution >= 0.6 is 12.2 Å². The second-order valence-electron chi connectivity index (χ2n) is 4.74. The molecule has 2 aromatic rings. The van der Waals surface area contributed by atoms with Gasteiger partial charge in [-0.25, -0.2) is 0 Å². The standard InChI is InChI=1S/C15H18N2OS/c1-11-14(7-8-18-11)10-17(2)9-12-3-5-13(6-4-12)15(16)19/h3-8H,9-10H2,1-2H3,(H2,16,19). The predicted molar refractivity (Wildman–Crippen MR) is 80.9 cm³/mol. The molecule has 3 nitrogen and oxygen atoms in total. The summed E-state index contributed by atoms with van der Waals surface area (Å²) in [5.74, 6) is 0.982. The number of nitrogens with two attached hydrogens (primary N) is 1. The van der Waals surface area contributed by atoms with Gasteiger partial charge in [0.1, 0.15) is 10.7 Å². The minimum Gasteiger partial charge on any atom is -0.469 e. The molecule has 0 atom stereocenters. The second-order valence-corrected chi connectivity index (χ2v) is 5.18. The summed E-state index contributed by atoms with van der Waals surface area (Å²) < 4.78 is 5.30. The summed E-state index contributed by atoms with van der Waals surface area (Å²) in [5.41, 5.74) is 8.96. The van der Waals surface area contributed by atoms with Crippen LogP contribution in [0.4, 0.5) is 0 Å². The lowest BCUT2D eigenvalue weighted by molar-refractivity contribution is 0.316. The molecule has 0 unspecified atom stereocenters. The van der Waals surface area contributed by atoms with E-state index in [0.29, 0.717) is 4.99 Å². The average Bonchev–Trinajstić information content (AvgIpc) is 2.75. The molecule has 0 aliphatic rings. The largest absolute Gasteiger partial charge is 0.469 e. The molecule has 0 amide bonds. The Balaban J connectivity index is 1.97. The van der Waals surface area contributed by atoms with Crippen LogP contribution in [0.3, 0.4) is 0 Å². The first-order chi connectivity index (χ1) is 9.06. The summed E-state index contributed by atoms with van der Waals surface area (Å²) in [5, 5.41) is 0. The second kappa shape index (κ2) is 5.99. The summed E-state index contributed by atoms with van der Waals surface area (Å²) in [7, 11) is 2.09. The molecule has 1 heterocycles. The van der Waals surface area contributed by atoms with Crippen molar-refractivity contribution in [2.75, 3.05) is 7.05 Å². The third kappa shape index (κ3) is 3.66. The zero-order valence-electron chi connectivity index (χ0n) is 11.2. The first kappa shape index (κ1) is 13.8. The zero-order chi connectivity index (χ0) is 13.8. The van der Waals surface area contributed by atoms with E-state index in [-0.39, 0.29) is 0 Å². The van der Waals surface area contributed by atoms with Crippen molar-refractivity contribution in [2.24, 2.45) is 5.73 Å². The number of thiocarbonyl (C=S) groups is 1. The lowest BCUT2D eigenvalue weighted by Gasteiger charge is -2.16. The van der Waals surface area contributed by atoms with E-state index >= 15 is 0 Å². The van der Waals surface area contributed by atoms with Gasteiger partial charge < -0.3 is 10.2 Å². The summed E-state index contributed by atoms with van der Waals surface area (Å²) in [4.78, 5) is 2.68. The Hall–Kier alpha value is -1.65. The Morgan fingerprint density at radius 2 is 1.89 bits per heavy atom. The molecule has 0 radical (unpaired) electrons. The molecule has 0 spiro atoms. The van der Waals surface area contributed by atoms with Crippen molar-refractivity contribution in [3.05, 3.63) is 59.0 Å². The molecule has 2 rings (SSSR count). The lowest BCUT2D eigenvalue weighted by Crippen LogP contribution is -2.17. The highest BCUT2D eigenvalue weighted by Crippen LogP contribution is 2.13. The van der Waals surface area contributed by atoms with Gasteiger partial charge in [0.2, 0.25) is 0 Å². The fourth-order valence-corrected chi connectivity index (χ4v) is 2.14. The van der Waals surface area contributed by atoms with Crippen LogP contribution in [-0.4, -0.2) is 16.9 Å². The van der Waals surface area contributed by atoms with E-state index in [1.807, 2.05) is 25.1 Å². The topological polar surface area (TPSA) is 42.4 Å². The number of furan rings is 1. The average molecular weight is 274 g/mol. The number of nitrogens with zero attached hydrogens (tertiary/aromatic N) is 1. The Kier molecular flexibility index (Phi) is 4.35. The molecule has 0 aliphatic carbocycles. The molecule has 0 fully saturated rings. The SMILES string of the molecule is Cc1occc1CN(C)Cc1ccc(C(N)=S)cc1. The summed E-state index contributed by atoms with van der Waals surface area (Å²) in [6.07, 6.45) is 1.73. The van der Waals surface area contributed by atoms with Crippen LogP contribution < -0.4 is 5.73 Å². The molecular weight excluding hydrogens is 256 g/mol. The maximum Gasteiger partial charge on any atom is 0.105 e. The first-order valence-corrected chi connectivity index (χ1v) is 6.57. The maximum absolute atomic E-state index is 5.58. The van der Waals surface area contributed by atoms with E-state index in [9.17, 15) is 0 Å². The molecule has 2 N–H and O–H groups in total. The van der Waals surface area contributed by atoms with E-state index in [1.165, 1.54) is 11.1 Å². The van der Waals surface area contributed by atoms with Gasteiger partial charge in [0.25, 0.3) is 0 Å². The van der Waals surface area contributed by atoms with E-state index in [0.717, 1.165) is 24.4 Å². The van der Waals surface area contributed by atoms with Crippen LogP contribution in [0.5, 0.6) is 0 Å². The number of rotatable bonds is 5. The minimum absolute atomic E-state index is 0.439. The molecule has 0 bridgehead atoms. The van der Waals surface area contributed by atoms with Crippen molar-refractivity contribution < 1.29 is 4.42 Å². The minimum atomic E-state index is 0.439. The van der Waals surface area contributed by atoms with Gasteiger partial charge in [-0.3, -0.25) is 4.90 Å². The molecule has 4 heteroatoms. The van der Waals surface area contributed by atoms with Crippen LogP contribution in [0.25, 0.3) is 0 Å². The molecule has 0 aliphatic heterocycles. The number of hydrogen-bond donors (Lipinski definition) is 1. The Labute approximate surface area is 119 Å². The quantitative estimate of drug-likeness (QED) is 0.851. The number of aryl methyl sites for hydroxylation is 1. The summed E-state index contributed by atoms with van der Waals surface area (Å²) in [6, 6.07) is 10.1. The molecule has 0 saturated heterocycles. The number of benzene rings is 1. The normalized spacial score (nSPS) is 10.9. The molecule has 19 heavy (non-hydrogen) atoms. The van der Waals surface area contributed by atoms with Crippen LogP contribution in [0.15, 0.2) is 41.0 Å². The van der Waals surface area contributed by atoms with Gasteiger partial charge in [0.05, 0.1) is 6.26 Å². The van der Waals surface area contributed by atoms with Gasteiger partial charge in [-0.1, -0.05) is 36.5 Å². The highest BCUT2D eigenvalue weighted by atomic mass is 32.1. The fourth-order valence-electron chi connectivity index (χ4n) is 2.01. The van der Waals surface area contributed by atoms with Crippen LogP contribution in [0, 0.1) is 6.92 Å². The van der Waals surface area contributed by atoms with E-state index in [4.69, 9.17) is 22.4 Å². The van der Waals surface area contributed by atoms with Crippen molar-refractivity contribution in [1.29, 1.82) is 0 Å². The van der Waals surface area contributed by atoms with Gasteiger partial charge in [-0.05, 0) is 25.6 Å².